The zero-order valence-corrected chi connectivity index (χ0v) is 8.39. The average molecular weight is 219 g/mol. The van der Waals surface area contributed by atoms with Crippen molar-refractivity contribution in [3.8, 4) is 5.75 Å². The van der Waals surface area contributed by atoms with Crippen LogP contribution >= 0.6 is 11.6 Å². The number of esters is 1. The minimum absolute atomic E-state index is 0.100. The molecule has 0 bridgehead atoms. The molecule has 1 rings (SSSR count). The summed E-state index contributed by atoms with van der Waals surface area (Å²) in [5.74, 6) is -1.23. The molecule has 0 aromatic heterocycles. The van der Waals surface area contributed by atoms with Gasteiger partial charge in [-0.2, -0.15) is 0 Å². The summed E-state index contributed by atoms with van der Waals surface area (Å²) in [4.78, 5) is 11.2. The Morgan fingerprint density at radius 3 is 2.57 bits per heavy atom. The largest absolute Gasteiger partial charge is 0.496 e. The molecule has 0 heterocycles. The van der Waals surface area contributed by atoms with Gasteiger partial charge in [0.05, 0.1) is 19.2 Å². The normalized spacial score (nSPS) is 9.71. The van der Waals surface area contributed by atoms with Crippen molar-refractivity contribution in [1.82, 2.24) is 0 Å². The summed E-state index contributed by atoms with van der Waals surface area (Å²) in [5, 5.41) is -0.295. The Morgan fingerprint density at radius 2 is 2.07 bits per heavy atom. The molecule has 0 spiro atoms. The summed E-state index contributed by atoms with van der Waals surface area (Å²) >= 11 is 5.59. The zero-order chi connectivity index (χ0) is 10.7. The van der Waals surface area contributed by atoms with Crippen molar-refractivity contribution in [3.05, 3.63) is 28.5 Å². The van der Waals surface area contributed by atoms with Crippen LogP contribution in [0.5, 0.6) is 5.75 Å². The quantitative estimate of drug-likeness (QED) is 0.715. The van der Waals surface area contributed by atoms with Gasteiger partial charge in [-0.25, -0.2) is 9.18 Å². The van der Waals surface area contributed by atoms with E-state index in [4.69, 9.17) is 16.3 Å². The number of halogens is 2. The Labute approximate surface area is 85.4 Å². The van der Waals surface area contributed by atoms with E-state index >= 15 is 0 Å². The summed E-state index contributed by atoms with van der Waals surface area (Å²) < 4.78 is 22.3. The Balaban J connectivity index is 3.35. The van der Waals surface area contributed by atoms with Gasteiger partial charge in [0.2, 0.25) is 0 Å². The van der Waals surface area contributed by atoms with Crippen LogP contribution < -0.4 is 4.74 Å². The molecule has 0 unspecified atom stereocenters. The molecule has 0 amide bonds. The molecule has 3 nitrogen and oxygen atoms in total. The highest BCUT2D eigenvalue weighted by atomic mass is 35.5. The molecule has 0 fully saturated rings. The predicted molar refractivity (Wildman–Crippen MR) is 49.3 cm³/mol. The smallest absolute Gasteiger partial charge is 0.343 e. The number of hydrogen-bond donors (Lipinski definition) is 0. The number of ether oxygens (including phenoxy) is 2. The van der Waals surface area contributed by atoms with Gasteiger partial charge < -0.3 is 9.47 Å². The molecule has 0 aliphatic carbocycles. The number of rotatable bonds is 2. The molecule has 1 aromatic carbocycles. The van der Waals surface area contributed by atoms with Gasteiger partial charge in [0.15, 0.2) is 0 Å². The lowest BCUT2D eigenvalue weighted by molar-refractivity contribution is 0.0596. The van der Waals surface area contributed by atoms with Crippen LogP contribution in [0.1, 0.15) is 10.4 Å². The van der Waals surface area contributed by atoms with E-state index in [9.17, 15) is 9.18 Å². The number of carbonyl (C=O) groups is 1. The second-order valence-corrected chi connectivity index (χ2v) is 2.81. The molecule has 1 aromatic rings. The average Bonchev–Trinajstić information content (AvgIpc) is 2.20. The lowest BCUT2D eigenvalue weighted by Crippen LogP contribution is -2.06. The van der Waals surface area contributed by atoms with Gasteiger partial charge >= 0.3 is 5.97 Å². The minimum atomic E-state index is -0.730. The summed E-state index contributed by atoms with van der Waals surface area (Å²) in [5.41, 5.74) is -0.100. The van der Waals surface area contributed by atoms with Crippen molar-refractivity contribution in [2.45, 2.75) is 0 Å². The molecule has 0 aliphatic rings. The molecule has 14 heavy (non-hydrogen) atoms. The molecule has 76 valence electrons. The third-order valence-electron chi connectivity index (χ3n) is 1.67. The highest BCUT2D eigenvalue weighted by Crippen LogP contribution is 2.29. The van der Waals surface area contributed by atoms with Crippen molar-refractivity contribution >= 4 is 17.6 Å². The molecule has 0 atom stereocenters. The van der Waals surface area contributed by atoms with E-state index in [0.29, 0.717) is 0 Å². The van der Waals surface area contributed by atoms with E-state index < -0.39 is 11.8 Å². The highest BCUT2D eigenvalue weighted by Gasteiger charge is 2.19. The maximum atomic E-state index is 13.0. The number of carbonyl (C=O) groups excluding carboxylic acids is 1. The van der Waals surface area contributed by atoms with Crippen LogP contribution in [0.4, 0.5) is 4.39 Å². The first-order chi connectivity index (χ1) is 6.61. The second kappa shape index (κ2) is 4.28. The van der Waals surface area contributed by atoms with E-state index in [0.717, 1.165) is 6.07 Å². The van der Waals surface area contributed by atoms with Crippen molar-refractivity contribution < 1.29 is 18.7 Å². The van der Waals surface area contributed by atoms with Crippen LogP contribution in [0.25, 0.3) is 0 Å². The first-order valence-electron chi connectivity index (χ1n) is 3.72. The minimum Gasteiger partial charge on any atom is -0.496 e. The van der Waals surface area contributed by atoms with Crippen LogP contribution in [-0.4, -0.2) is 20.2 Å². The summed E-state index contributed by atoms with van der Waals surface area (Å²) in [7, 11) is 2.54. The van der Waals surface area contributed by atoms with Crippen molar-refractivity contribution in [2.24, 2.45) is 0 Å². The fraction of sp³-hybridized carbons (Fsp3) is 0.222. The topological polar surface area (TPSA) is 35.5 Å². The lowest BCUT2D eigenvalue weighted by Gasteiger charge is -2.08. The Bertz CT molecular complexity index is 365. The van der Waals surface area contributed by atoms with E-state index in [1.54, 1.807) is 0 Å². The van der Waals surface area contributed by atoms with Crippen molar-refractivity contribution in [1.29, 1.82) is 0 Å². The number of hydrogen-bond acceptors (Lipinski definition) is 3. The zero-order valence-electron chi connectivity index (χ0n) is 7.64. The van der Waals surface area contributed by atoms with E-state index in [2.05, 4.69) is 4.74 Å². The molecule has 0 radical (unpaired) electrons. The third kappa shape index (κ3) is 1.80. The number of methoxy groups -OCH3 is 2. The maximum Gasteiger partial charge on any atom is 0.343 e. The van der Waals surface area contributed by atoms with Crippen LogP contribution in [0.2, 0.25) is 5.02 Å². The molecule has 0 N–H and O–H groups in total. The van der Waals surface area contributed by atoms with Crippen LogP contribution in [0, 0.1) is 5.82 Å². The van der Waals surface area contributed by atoms with Gasteiger partial charge in [-0.15, -0.1) is 0 Å². The Hall–Kier alpha value is -1.29. The molecule has 0 aliphatic heterocycles. The van der Waals surface area contributed by atoms with Gasteiger partial charge in [0, 0.05) is 0 Å². The van der Waals surface area contributed by atoms with Crippen LogP contribution in [0.15, 0.2) is 12.1 Å². The SMILES string of the molecule is COC(=O)c1c(OC)ccc(F)c1Cl. The summed E-state index contributed by atoms with van der Waals surface area (Å²) in [6, 6.07) is 2.43. The molecular formula is C9H8ClFO3. The van der Waals surface area contributed by atoms with Crippen LogP contribution in [0.3, 0.4) is 0 Å². The lowest BCUT2D eigenvalue weighted by atomic mass is 10.2. The van der Waals surface area contributed by atoms with Gasteiger partial charge in [-0.3, -0.25) is 0 Å². The summed E-state index contributed by atoms with van der Waals surface area (Å²) in [6.45, 7) is 0. The second-order valence-electron chi connectivity index (χ2n) is 2.43. The van der Waals surface area contributed by atoms with Crippen molar-refractivity contribution in [3.63, 3.8) is 0 Å². The fourth-order valence-electron chi connectivity index (χ4n) is 0.995. The van der Waals surface area contributed by atoms with Gasteiger partial charge in [0.25, 0.3) is 0 Å². The first-order valence-corrected chi connectivity index (χ1v) is 4.10. The number of benzene rings is 1. The van der Waals surface area contributed by atoms with Crippen molar-refractivity contribution in [2.75, 3.05) is 14.2 Å². The molecule has 0 saturated carbocycles. The predicted octanol–water partition coefficient (Wildman–Crippen LogP) is 2.27. The van der Waals surface area contributed by atoms with Crippen LogP contribution in [-0.2, 0) is 4.74 Å². The first kappa shape index (κ1) is 10.8. The monoisotopic (exact) mass is 218 g/mol. The molecule has 5 heteroatoms. The molecular weight excluding hydrogens is 211 g/mol. The maximum absolute atomic E-state index is 13.0. The Morgan fingerprint density at radius 1 is 1.43 bits per heavy atom. The summed E-state index contributed by atoms with van der Waals surface area (Å²) in [6.07, 6.45) is 0. The van der Waals surface area contributed by atoms with Gasteiger partial charge in [-0.05, 0) is 12.1 Å². The fourth-order valence-corrected chi connectivity index (χ4v) is 1.23. The van der Waals surface area contributed by atoms with E-state index in [1.165, 1.54) is 20.3 Å². The van der Waals surface area contributed by atoms with Gasteiger partial charge in [-0.1, -0.05) is 11.6 Å². The molecule has 0 saturated heterocycles. The Kier molecular flexibility index (Phi) is 3.30. The van der Waals surface area contributed by atoms with Gasteiger partial charge in [0.1, 0.15) is 17.1 Å². The third-order valence-corrected chi connectivity index (χ3v) is 2.04. The van der Waals surface area contributed by atoms with E-state index in [-0.39, 0.29) is 16.3 Å². The highest BCUT2D eigenvalue weighted by molar-refractivity contribution is 6.34. The standard InChI is InChI=1S/C9H8ClFO3/c1-13-6-4-3-5(11)8(10)7(6)9(12)14-2/h3-4H,1-2H3. The van der Waals surface area contributed by atoms with E-state index in [1.807, 2.05) is 0 Å².